The van der Waals surface area contributed by atoms with Crippen molar-refractivity contribution in [2.24, 2.45) is 11.8 Å². The van der Waals surface area contributed by atoms with Crippen LogP contribution in [0.2, 0.25) is 10.0 Å². The Bertz CT molecular complexity index is 1400. The molecule has 2 fully saturated rings. The molecule has 1 spiro atoms. The van der Waals surface area contributed by atoms with E-state index >= 15 is 0 Å². The van der Waals surface area contributed by atoms with Crippen molar-refractivity contribution in [3.05, 3.63) is 94.0 Å². The first-order valence-electron chi connectivity index (χ1n) is 11.4. The molecule has 3 heterocycles. The van der Waals surface area contributed by atoms with Crippen LogP contribution in [0.15, 0.2) is 72.8 Å². The molecule has 4 atom stereocenters. The van der Waals surface area contributed by atoms with Crippen molar-refractivity contribution in [2.45, 2.75) is 25.0 Å². The van der Waals surface area contributed by atoms with Gasteiger partial charge in [0, 0.05) is 17.3 Å². The minimum absolute atomic E-state index is 0.250. The summed E-state index contributed by atoms with van der Waals surface area (Å²) in [6.45, 7) is 2.12. The van der Waals surface area contributed by atoms with Gasteiger partial charge < -0.3 is 4.90 Å². The molecule has 6 nitrogen and oxygen atoms in total. The van der Waals surface area contributed by atoms with Gasteiger partial charge >= 0.3 is 0 Å². The minimum Gasteiger partial charge on any atom is -0.306 e. The highest BCUT2D eigenvalue weighted by Crippen LogP contribution is 2.55. The van der Waals surface area contributed by atoms with Gasteiger partial charge in [-0.25, -0.2) is 4.90 Å². The number of nitrogens with one attached hydrogen (secondary N) is 1. The van der Waals surface area contributed by atoms with E-state index in [9.17, 15) is 14.4 Å². The number of rotatable bonds is 3. The van der Waals surface area contributed by atoms with Crippen molar-refractivity contribution in [3.8, 4) is 0 Å². The number of anilines is 2. The molecule has 0 bridgehead atoms. The Labute approximate surface area is 212 Å². The van der Waals surface area contributed by atoms with Gasteiger partial charge in [-0.3, -0.25) is 19.7 Å². The van der Waals surface area contributed by atoms with Crippen molar-refractivity contribution in [1.29, 1.82) is 0 Å². The van der Waals surface area contributed by atoms with E-state index in [4.69, 9.17) is 23.2 Å². The zero-order valence-corrected chi connectivity index (χ0v) is 20.3. The second-order valence-corrected chi connectivity index (χ2v) is 10.1. The normalized spacial score (nSPS) is 27.2. The van der Waals surface area contributed by atoms with Gasteiger partial charge in [0.05, 0.1) is 34.1 Å². The van der Waals surface area contributed by atoms with Gasteiger partial charge in [-0.15, -0.1) is 0 Å². The molecule has 35 heavy (non-hydrogen) atoms. The number of amides is 3. The Morgan fingerprint density at radius 2 is 1.60 bits per heavy atom. The van der Waals surface area contributed by atoms with Crippen LogP contribution in [0.4, 0.5) is 11.4 Å². The largest absolute Gasteiger partial charge is 0.306 e. The van der Waals surface area contributed by atoms with Gasteiger partial charge in [-0.2, -0.15) is 0 Å². The molecule has 0 unspecified atom stereocenters. The average Bonchev–Trinajstić information content (AvgIpc) is 3.40. The highest BCUT2D eigenvalue weighted by molar-refractivity contribution is 6.42. The topological polar surface area (TPSA) is 69.7 Å². The third-order valence-corrected chi connectivity index (χ3v) is 8.09. The first-order chi connectivity index (χ1) is 16.8. The SMILES string of the molecule is C[C@@H]1N[C@]2(C(=O)N(Cc3ccc(Cl)c(Cl)c3)c3ccccc32)[C@H]2C(=O)N(c3ccccc3)C(=O)[C@H]12. The monoisotopic (exact) mass is 505 g/mol. The number of hydrogen-bond acceptors (Lipinski definition) is 4. The maximum absolute atomic E-state index is 14.2. The van der Waals surface area contributed by atoms with Crippen LogP contribution in [0.25, 0.3) is 0 Å². The molecule has 3 aliphatic heterocycles. The van der Waals surface area contributed by atoms with Crippen molar-refractivity contribution in [2.75, 3.05) is 9.80 Å². The average molecular weight is 506 g/mol. The van der Waals surface area contributed by atoms with Gasteiger partial charge in [-0.1, -0.05) is 65.7 Å². The molecule has 3 aliphatic rings. The van der Waals surface area contributed by atoms with Crippen LogP contribution in [0, 0.1) is 11.8 Å². The van der Waals surface area contributed by atoms with Crippen molar-refractivity contribution < 1.29 is 14.4 Å². The van der Waals surface area contributed by atoms with E-state index < -0.39 is 17.4 Å². The van der Waals surface area contributed by atoms with E-state index in [1.807, 2.05) is 43.3 Å². The number of carbonyl (C=O) groups excluding carboxylic acids is 3. The van der Waals surface area contributed by atoms with E-state index in [1.54, 1.807) is 41.3 Å². The number of benzene rings is 3. The van der Waals surface area contributed by atoms with Gasteiger partial charge in [0.1, 0.15) is 5.54 Å². The molecule has 0 radical (unpaired) electrons. The standard InChI is InChI=1S/C27H21Cl2N3O3/c1-15-22-23(25(34)32(24(22)33)17-7-3-2-4-8-17)27(30-15)18-9-5-6-10-21(18)31(26(27)35)14-16-11-12-19(28)20(29)13-16/h2-13,15,22-23,30H,14H2,1H3/t15-,22+,23+,27-/m0/s1. The Morgan fingerprint density at radius 3 is 2.34 bits per heavy atom. The maximum atomic E-state index is 14.2. The fraction of sp³-hybridized carbons (Fsp3) is 0.222. The molecule has 1 N–H and O–H groups in total. The molecule has 0 aromatic heterocycles. The number of fused-ring (bicyclic) bond motifs is 4. The second kappa shape index (κ2) is 7.92. The second-order valence-electron chi connectivity index (χ2n) is 9.25. The lowest BCUT2D eigenvalue weighted by Gasteiger charge is -2.30. The van der Waals surface area contributed by atoms with E-state index in [-0.39, 0.29) is 30.3 Å². The quantitative estimate of drug-likeness (QED) is 0.530. The summed E-state index contributed by atoms with van der Waals surface area (Å²) in [5.41, 5.74) is 1.42. The Morgan fingerprint density at radius 1 is 0.886 bits per heavy atom. The van der Waals surface area contributed by atoms with E-state index in [1.165, 1.54) is 4.90 Å². The molecule has 0 aliphatic carbocycles. The lowest BCUT2D eigenvalue weighted by atomic mass is 9.76. The number of hydrogen-bond donors (Lipinski definition) is 1. The molecule has 3 amide bonds. The summed E-state index contributed by atoms with van der Waals surface area (Å²) in [7, 11) is 0. The van der Waals surface area contributed by atoms with Crippen molar-refractivity contribution in [3.63, 3.8) is 0 Å². The Balaban J connectivity index is 1.46. The highest BCUT2D eigenvalue weighted by Gasteiger charge is 2.71. The zero-order chi connectivity index (χ0) is 24.5. The van der Waals surface area contributed by atoms with Crippen LogP contribution in [0.1, 0.15) is 18.1 Å². The first-order valence-corrected chi connectivity index (χ1v) is 12.2. The molecule has 8 heteroatoms. The predicted molar refractivity (Wildman–Crippen MR) is 134 cm³/mol. The molecule has 6 rings (SSSR count). The molecule has 176 valence electrons. The number of nitrogens with zero attached hydrogens (tertiary/aromatic N) is 2. The fourth-order valence-electron chi connectivity index (χ4n) is 5.92. The molecule has 0 saturated carbocycles. The van der Waals surface area contributed by atoms with Crippen LogP contribution in [0.3, 0.4) is 0 Å². The van der Waals surface area contributed by atoms with Crippen molar-refractivity contribution in [1.82, 2.24) is 5.32 Å². The summed E-state index contributed by atoms with van der Waals surface area (Å²) < 4.78 is 0. The van der Waals surface area contributed by atoms with Crippen LogP contribution in [-0.2, 0) is 26.5 Å². The molecule has 2 saturated heterocycles. The number of para-hydroxylation sites is 2. The maximum Gasteiger partial charge on any atom is 0.253 e. The number of halogens is 2. The van der Waals surface area contributed by atoms with Crippen LogP contribution in [-0.4, -0.2) is 23.8 Å². The van der Waals surface area contributed by atoms with Crippen LogP contribution in [0.5, 0.6) is 0 Å². The number of carbonyl (C=O) groups is 3. The summed E-state index contributed by atoms with van der Waals surface area (Å²) in [6.07, 6.45) is 0. The molecular weight excluding hydrogens is 485 g/mol. The molecular formula is C27H21Cl2N3O3. The van der Waals surface area contributed by atoms with Gasteiger partial charge in [-0.05, 0) is 42.8 Å². The van der Waals surface area contributed by atoms with Crippen LogP contribution >= 0.6 is 23.2 Å². The third-order valence-electron chi connectivity index (χ3n) is 7.35. The number of imide groups is 1. The highest BCUT2D eigenvalue weighted by atomic mass is 35.5. The Kier molecular flexibility index (Phi) is 5.04. The van der Waals surface area contributed by atoms with Crippen molar-refractivity contribution >= 4 is 52.3 Å². The fourth-order valence-corrected chi connectivity index (χ4v) is 6.24. The molecule has 3 aromatic rings. The third kappa shape index (κ3) is 3.03. The van der Waals surface area contributed by atoms with E-state index in [0.717, 1.165) is 5.56 Å². The summed E-state index contributed by atoms with van der Waals surface area (Å²) in [5, 5.41) is 4.24. The lowest BCUT2D eigenvalue weighted by molar-refractivity contribution is -0.132. The first kappa shape index (κ1) is 22.3. The smallest absolute Gasteiger partial charge is 0.253 e. The minimum atomic E-state index is -1.33. The van der Waals surface area contributed by atoms with Gasteiger partial charge in [0.15, 0.2) is 0 Å². The van der Waals surface area contributed by atoms with Gasteiger partial charge in [0.25, 0.3) is 5.91 Å². The Hall–Kier alpha value is -3.19. The van der Waals surface area contributed by atoms with Crippen LogP contribution < -0.4 is 15.1 Å². The predicted octanol–water partition coefficient (Wildman–Crippen LogP) is 4.53. The summed E-state index contributed by atoms with van der Waals surface area (Å²) in [6, 6.07) is 21.2. The molecule has 3 aromatic carbocycles. The van der Waals surface area contributed by atoms with Gasteiger partial charge in [0.2, 0.25) is 11.8 Å². The zero-order valence-electron chi connectivity index (χ0n) is 18.7. The van der Waals surface area contributed by atoms with E-state index in [2.05, 4.69) is 5.32 Å². The summed E-state index contributed by atoms with van der Waals surface area (Å²) in [5.74, 6) is -2.39. The summed E-state index contributed by atoms with van der Waals surface area (Å²) in [4.78, 5) is 44.5. The van der Waals surface area contributed by atoms with E-state index in [0.29, 0.717) is 27.0 Å². The summed E-state index contributed by atoms with van der Waals surface area (Å²) >= 11 is 12.3. The lowest BCUT2D eigenvalue weighted by Crippen LogP contribution is -2.54.